The zero-order chi connectivity index (χ0) is 12.7. The standard InChI is InChI=1S/C17H18N/c1-12(18(2)3)17-15-10-6-4-8-13(15)14-9-5-7-11-16(14)17/h4-12,17H,1H2,2-3H3. The fraction of sp³-hybridized carbons (Fsp3) is 0.235. The maximum Gasteiger partial charge on any atom is 0.0257 e. The number of rotatable bonds is 2. The van der Waals surface area contributed by atoms with E-state index in [-0.39, 0.29) is 6.04 Å². The summed E-state index contributed by atoms with van der Waals surface area (Å²) in [6, 6.07) is 17.7. The largest absolute Gasteiger partial charge is 0.306 e. The molecule has 0 N–H and O–H groups in total. The van der Waals surface area contributed by atoms with Gasteiger partial charge < -0.3 is 4.90 Å². The summed E-state index contributed by atoms with van der Waals surface area (Å²) in [5.41, 5.74) is 5.56. The number of nitrogens with zero attached hydrogens (tertiary/aromatic N) is 1. The van der Waals surface area contributed by atoms with Gasteiger partial charge >= 0.3 is 0 Å². The van der Waals surface area contributed by atoms with Crippen molar-refractivity contribution >= 4 is 0 Å². The predicted octanol–water partition coefficient (Wildman–Crippen LogP) is 3.56. The summed E-state index contributed by atoms with van der Waals surface area (Å²) in [4.78, 5) is 2.20. The topological polar surface area (TPSA) is 3.24 Å². The highest BCUT2D eigenvalue weighted by molar-refractivity contribution is 5.79. The van der Waals surface area contributed by atoms with E-state index in [1.165, 1.54) is 22.3 Å². The molecule has 0 bridgehead atoms. The molecule has 1 unspecified atom stereocenters. The van der Waals surface area contributed by atoms with E-state index < -0.39 is 0 Å². The lowest BCUT2D eigenvalue weighted by Crippen LogP contribution is -2.31. The van der Waals surface area contributed by atoms with Gasteiger partial charge in [0.15, 0.2) is 0 Å². The molecule has 1 atom stereocenters. The zero-order valence-electron chi connectivity index (χ0n) is 10.9. The van der Waals surface area contributed by atoms with Gasteiger partial charge in [-0.25, -0.2) is 0 Å². The second kappa shape index (κ2) is 4.25. The van der Waals surface area contributed by atoms with Gasteiger partial charge in [-0.1, -0.05) is 48.5 Å². The first-order valence-corrected chi connectivity index (χ1v) is 6.38. The number of hydrogen-bond acceptors (Lipinski definition) is 1. The van der Waals surface area contributed by atoms with E-state index in [0.717, 1.165) is 0 Å². The van der Waals surface area contributed by atoms with Crippen LogP contribution in [0.2, 0.25) is 0 Å². The van der Waals surface area contributed by atoms with Crippen molar-refractivity contribution in [3.05, 3.63) is 66.6 Å². The Morgan fingerprint density at radius 2 is 1.33 bits per heavy atom. The summed E-state index contributed by atoms with van der Waals surface area (Å²) in [7, 11) is 4.20. The highest BCUT2D eigenvalue weighted by Gasteiger charge is 2.32. The van der Waals surface area contributed by atoms with Crippen LogP contribution in [0, 0.1) is 6.92 Å². The summed E-state index contributed by atoms with van der Waals surface area (Å²) in [5, 5.41) is 0. The van der Waals surface area contributed by atoms with E-state index in [1.54, 1.807) is 0 Å². The molecule has 0 spiro atoms. The lowest BCUT2D eigenvalue weighted by molar-refractivity contribution is 0.318. The van der Waals surface area contributed by atoms with Gasteiger partial charge in [-0.2, -0.15) is 0 Å². The minimum Gasteiger partial charge on any atom is -0.306 e. The first-order chi connectivity index (χ1) is 8.70. The van der Waals surface area contributed by atoms with Crippen molar-refractivity contribution in [3.63, 3.8) is 0 Å². The quantitative estimate of drug-likeness (QED) is 0.770. The zero-order valence-corrected chi connectivity index (χ0v) is 10.9. The smallest absolute Gasteiger partial charge is 0.0257 e. The molecule has 18 heavy (non-hydrogen) atoms. The fourth-order valence-corrected chi connectivity index (χ4v) is 2.91. The van der Waals surface area contributed by atoms with Gasteiger partial charge in [0.1, 0.15) is 0 Å². The molecule has 1 aliphatic rings. The van der Waals surface area contributed by atoms with Gasteiger partial charge in [0.05, 0.1) is 0 Å². The molecule has 0 amide bonds. The molecule has 3 rings (SSSR count). The summed E-state index contributed by atoms with van der Waals surface area (Å²) in [5.74, 6) is 0.382. The Hall–Kier alpha value is -1.60. The van der Waals surface area contributed by atoms with Crippen molar-refractivity contribution < 1.29 is 0 Å². The molecule has 0 aromatic heterocycles. The van der Waals surface area contributed by atoms with Crippen LogP contribution in [0.1, 0.15) is 17.0 Å². The Kier molecular flexibility index (Phi) is 2.71. The SMILES string of the molecule is [CH2]C(C1c2ccccc2-c2ccccc21)N(C)C. The molecule has 1 aliphatic carbocycles. The van der Waals surface area contributed by atoms with Crippen LogP contribution in [0.5, 0.6) is 0 Å². The molecule has 0 heterocycles. The highest BCUT2D eigenvalue weighted by Crippen LogP contribution is 2.46. The Bertz CT molecular complexity index is 526. The third-order valence-corrected chi connectivity index (χ3v) is 3.93. The van der Waals surface area contributed by atoms with Crippen LogP contribution in [-0.2, 0) is 0 Å². The monoisotopic (exact) mass is 236 g/mol. The average Bonchev–Trinajstić information content (AvgIpc) is 2.72. The average molecular weight is 236 g/mol. The van der Waals surface area contributed by atoms with Crippen LogP contribution in [0.4, 0.5) is 0 Å². The third kappa shape index (κ3) is 1.58. The maximum absolute atomic E-state index is 4.34. The maximum atomic E-state index is 4.34. The van der Waals surface area contributed by atoms with Gasteiger partial charge in [0.25, 0.3) is 0 Å². The van der Waals surface area contributed by atoms with Gasteiger partial charge in [-0.15, -0.1) is 0 Å². The molecule has 1 heteroatoms. The molecule has 2 aromatic rings. The van der Waals surface area contributed by atoms with Crippen LogP contribution in [0.15, 0.2) is 48.5 Å². The fourth-order valence-electron chi connectivity index (χ4n) is 2.91. The normalized spacial score (nSPS) is 15.6. The van der Waals surface area contributed by atoms with E-state index in [2.05, 4.69) is 74.4 Å². The Morgan fingerprint density at radius 3 is 1.78 bits per heavy atom. The first-order valence-electron chi connectivity index (χ1n) is 6.38. The predicted molar refractivity (Wildman–Crippen MR) is 76.6 cm³/mol. The molecule has 0 saturated carbocycles. The summed E-state index contributed by atoms with van der Waals surface area (Å²) in [6.07, 6.45) is 0. The van der Waals surface area contributed by atoms with E-state index in [9.17, 15) is 0 Å². The van der Waals surface area contributed by atoms with E-state index >= 15 is 0 Å². The van der Waals surface area contributed by atoms with Crippen LogP contribution in [0.3, 0.4) is 0 Å². The van der Waals surface area contributed by atoms with Gasteiger partial charge in [-0.3, -0.25) is 0 Å². The molecule has 2 aromatic carbocycles. The van der Waals surface area contributed by atoms with Gasteiger partial charge in [-0.05, 0) is 43.3 Å². The Labute approximate surface area is 109 Å². The Balaban J connectivity index is 2.21. The van der Waals surface area contributed by atoms with Crippen molar-refractivity contribution in [1.82, 2.24) is 4.90 Å². The van der Waals surface area contributed by atoms with Crippen LogP contribution in [0.25, 0.3) is 11.1 Å². The molecule has 0 fully saturated rings. The molecular weight excluding hydrogens is 218 g/mol. The van der Waals surface area contributed by atoms with Crippen LogP contribution in [-0.4, -0.2) is 25.0 Å². The van der Waals surface area contributed by atoms with E-state index in [1.807, 2.05) is 0 Å². The molecule has 91 valence electrons. The van der Waals surface area contributed by atoms with Gasteiger partial charge in [0.2, 0.25) is 0 Å². The molecular formula is C17H18N. The number of benzene rings is 2. The molecule has 0 saturated heterocycles. The van der Waals surface area contributed by atoms with Crippen molar-refractivity contribution in [3.8, 4) is 11.1 Å². The molecule has 0 aliphatic heterocycles. The Morgan fingerprint density at radius 1 is 0.889 bits per heavy atom. The number of likely N-dealkylation sites (N-methyl/N-ethyl adjacent to an activating group) is 1. The summed E-state index contributed by atoms with van der Waals surface area (Å²) < 4.78 is 0. The summed E-state index contributed by atoms with van der Waals surface area (Å²) in [6.45, 7) is 4.34. The summed E-state index contributed by atoms with van der Waals surface area (Å²) >= 11 is 0. The second-order valence-corrected chi connectivity index (χ2v) is 5.18. The first kappa shape index (κ1) is 11.5. The van der Waals surface area contributed by atoms with E-state index in [0.29, 0.717) is 5.92 Å². The van der Waals surface area contributed by atoms with Crippen molar-refractivity contribution in [2.24, 2.45) is 0 Å². The lowest BCUT2D eigenvalue weighted by Gasteiger charge is -2.27. The van der Waals surface area contributed by atoms with Crippen LogP contribution < -0.4 is 0 Å². The number of fused-ring (bicyclic) bond motifs is 3. The second-order valence-electron chi connectivity index (χ2n) is 5.18. The van der Waals surface area contributed by atoms with Crippen molar-refractivity contribution in [2.75, 3.05) is 14.1 Å². The third-order valence-electron chi connectivity index (χ3n) is 3.93. The van der Waals surface area contributed by atoms with Crippen molar-refractivity contribution in [2.45, 2.75) is 12.0 Å². The van der Waals surface area contributed by atoms with E-state index in [4.69, 9.17) is 0 Å². The minimum absolute atomic E-state index is 0.259. The number of hydrogen-bond donors (Lipinski definition) is 0. The minimum atomic E-state index is 0.259. The lowest BCUT2D eigenvalue weighted by atomic mass is 9.90. The van der Waals surface area contributed by atoms with Crippen molar-refractivity contribution in [1.29, 1.82) is 0 Å². The molecule has 1 radical (unpaired) electrons. The highest BCUT2D eigenvalue weighted by atomic mass is 15.1. The van der Waals surface area contributed by atoms with Gasteiger partial charge in [0, 0.05) is 12.0 Å². The molecule has 1 nitrogen and oxygen atoms in total. The van der Waals surface area contributed by atoms with Crippen LogP contribution >= 0.6 is 0 Å².